The molecule has 0 saturated heterocycles. The van der Waals surface area contributed by atoms with Crippen LogP contribution in [0, 0.1) is 13.8 Å². The highest BCUT2D eigenvalue weighted by Crippen LogP contribution is 2.28. The molecule has 90 valence electrons. The number of rotatable bonds is 3. The first kappa shape index (κ1) is 12.3. The number of nitrogen functional groups attached to an aromatic ring is 1. The van der Waals surface area contributed by atoms with E-state index in [9.17, 15) is 0 Å². The molecular weight excluding hydrogens is 300 g/mol. The van der Waals surface area contributed by atoms with Gasteiger partial charge in [-0.3, -0.25) is 0 Å². The van der Waals surface area contributed by atoms with E-state index in [0.29, 0.717) is 12.2 Å². The number of halogens is 1. The Kier molecular flexibility index (Phi) is 3.63. The van der Waals surface area contributed by atoms with E-state index in [1.807, 2.05) is 20.0 Å². The number of nitrogens with two attached hydrogens (primary N) is 1. The van der Waals surface area contributed by atoms with Gasteiger partial charge in [-0.25, -0.2) is 9.97 Å². The summed E-state index contributed by atoms with van der Waals surface area (Å²) in [6.07, 6.45) is 3.54. The lowest BCUT2D eigenvalue weighted by Crippen LogP contribution is -2.04. The van der Waals surface area contributed by atoms with E-state index in [4.69, 9.17) is 5.73 Å². The van der Waals surface area contributed by atoms with Crippen molar-refractivity contribution in [3.63, 3.8) is 0 Å². The van der Waals surface area contributed by atoms with Crippen LogP contribution >= 0.6 is 27.3 Å². The molecule has 17 heavy (non-hydrogen) atoms. The number of nitrogens with one attached hydrogen (secondary N) is 1. The van der Waals surface area contributed by atoms with Crippen molar-refractivity contribution in [2.24, 2.45) is 0 Å². The number of hydrogen-bond donors (Lipinski definition) is 2. The van der Waals surface area contributed by atoms with Gasteiger partial charge in [0.15, 0.2) is 0 Å². The summed E-state index contributed by atoms with van der Waals surface area (Å²) in [7, 11) is 0. The third kappa shape index (κ3) is 2.76. The molecule has 2 aromatic rings. The molecule has 2 rings (SSSR count). The molecule has 0 atom stereocenters. The maximum atomic E-state index is 5.77. The number of aryl methyl sites for hydroxylation is 1. The second-order valence-corrected chi connectivity index (χ2v) is 5.83. The van der Waals surface area contributed by atoms with Crippen LogP contribution in [-0.2, 0) is 6.54 Å². The first-order chi connectivity index (χ1) is 8.08. The van der Waals surface area contributed by atoms with E-state index in [-0.39, 0.29) is 0 Å². The molecule has 0 radical (unpaired) electrons. The predicted octanol–water partition coefficient (Wildman–Crippen LogP) is 3.11. The Balaban J connectivity index is 2.12. The minimum absolute atomic E-state index is 0.674. The SMILES string of the molecule is Cc1cnc(CNc2ncc(N)c(C)c2Br)s1. The van der Waals surface area contributed by atoms with Gasteiger partial charge in [-0.15, -0.1) is 11.3 Å². The third-order valence-electron chi connectivity index (χ3n) is 2.38. The van der Waals surface area contributed by atoms with Crippen LogP contribution in [0.15, 0.2) is 16.9 Å². The van der Waals surface area contributed by atoms with Gasteiger partial charge in [-0.1, -0.05) is 0 Å². The zero-order valence-corrected chi connectivity index (χ0v) is 12.0. The van der Waals surface area contributed by atoms with Gasteiger partial charge in [0.2, 0.25) is 0 Å². The van der Waals surface area contributed by atoms with E-state index in [1.54, 1.807) is 17.5 Å². The smallest absolute Gasteiger partial charge is 0.141 e. The lowest BCUT2D eigenvalue weighted by Gasteiger charge is -2.09. The Morgan fingerprint density at radius 3 is 2.76 bits per heavy atom. The maximum absolute atomic E-state index is 5.77. The van der Waals surface area contributed by atoms with Crippen LogP contribution < -0.4 is 11.1 Å². The summed E-state index contributed by atoms with van der Waals surface area (Å²) in [4.78, 5) is 9.75. The Hall–Kier alpha value is -1.14. The number of hydrogen-bond acceptors (Lipinski definition) is 5. The standard InChI is InChI=1S/C11H13BrN4S/c1-6-3-14-9(17-6)5-16-11-10(12)7(2)8(13)4-15-11/h3-4H,5,13H2,1-2H3,(H,15,16). The van der Waals surface area contributed by atoms with Crippen molar-refractivity contribution >= 4 is 38.8 Å². The van der Waals surface area contributed by atoms with E-state index in [2.05, 4.69) is 31.2 Å². The fourth-order valence-electron chi connectivity index (χ4n) is 1.36. The van der Waals surface area contributed by atoms with E-state index >= 15 is 0 Å². The van der Waals surface area contributed by atoms with Gasteiger partial charge in [0.1, 0.15) is 10.8 Å². The third-order valence-corrected chi connectivity index (χ3v) is 4.26. The zero-order chi connectivity index (χ0) is 12.4. The van der Waals surface area contributed by atoms with Crippen LogP contribution in [0.2, 0.25) is 0 Å². The molecule has 2 aromatic heterocycles. The van der Waals surface area contributed by atoms with Gasteiger partial charge >= 0.3 is 0 Å². The second-order valence-electron chi connectivity index (χ2n) is 3.72. The molecule has 6 heteroatoms. The fraction of sp³-hybridized carbons (Fsp3) is 0.273. The summed E-state index contributed by atoms with van der Waals surface area (Å²) in [5.74, 6) is 0.796. The molecule has 3 N–H and O–H groups in total. The first-order valence-corrected chi connectivity index (χ1v) is 6.74. The molecule has 0 amide bonds. The molecule has 0 saturated carbocycles. The van der Waals surface area contributed by atoms with Crippen molar-refractivity contribution in [2.75, 3.05) is 11.1 Å². The molecular formula is C11H13BrN4S. The van der Waals surface area contributed by atoms with Crippen LogP contribution in [0.5, 0.6) is 0 Å². The monoisotopic (exact) mass is 312 g/mol. The van der Waals surface area contributed by atoms with Crippen LogP contribution in [0.25, 0.3) is 0 Å². The molecule has 0 fully saturated rings. The van der Waals surface area contributed by atoms with Crippen LogP contribution in [0.1, 0.15) is 15.4 Å². The number of anilines is 2. The lowest BCUT2D eigenvalue weighted by molar-refractivity contribution is 1.07. The van der Waals surface area contributed by atoms with Gasteiger partial charge < -0.3 is 11.1 Å². The first-order valence-electron chi connectivity index (χ1n) is 5.13. The van der Waals surface area contributed by atoms with Gasteiger partial charge in [0.25, 0.3) is 0 Å². The van der Waals surface area contributed by atoms with E-state index in [0.717, 1.165) is 20.9 Å². The van der Waals surface area contributed by atoms with Gasteiger partial charge in [-0.05, 0) is 35.3 Å². The summed E-state index contributed by atoms with van der Waals surface area (Å²) in [6.45, 7) is 4.68. The number of thiazole rings is 1. The predicted molar refractivity (Wildman–Crippen MR) is 75.3 cm³/mol. The molecule has 2 heterocycles. The molecule has 0 aliphatic heterocycles. The van der Waals surface area contributed by atoms with Crippen molar-refractivity contribution < 1.29 is 0 Å². The molecule has 0 bridgehead atoms. The van der Waals surface area contributed by atoms with Crippen molar-refractivity contribution in [3.05, 3.63) is 32.3 Å². The van der Waals surface area contributed by atoms with E-state index < -0.39 is 0 Å². The van der Waals surface area contributed by atoms with Gasteiger partial charge in [0.05, 0.1) is 22.9 Å². The Morgan fingerprint density at radius 1 is 1.35 bits per heavy atom. The fourth-order valence-corrected chi connectivity index (χ4v) is 2.56. The number of nitrogens with zero attached hydrogens (tertiary/aromatic N) is 2. The molecule has 0 aliphatic rings. The average molecular weight is 313 g/mol. The van der Waals surface area contributed by atoms with Crippen molar-refractivity contribution in [2.45, 2.75) is 20.4 Å². The Morgan fingerprint density at radius 2 is 2.12 bits per heavy atom. The highest BCUT2D eigenvalue weighted by molar-refractivity contribution is 9.10. The van der Waals surface area contributed by atoms with E-state index in [1.165, 1.54) is 4.88 Å². The summed E-state index contributed by atoms with van der Waals surface area (Å²) < 4.78 is 0.908. The molecule has 4 nitrogen and oxygen atoms in total. The maximum Gasteiger partial charge on any atom is 0.141 e. The average Bonchev–Trinajstić information content (AvgIpc) is 2.71. The van der Waals surface area contributed by atoms with Crippen molar-refractivity contribution in [3.8, 4) is 0 Å². The quantitative estimate of drug-likeness (QED) is 0.914. The Bertz CT molecular complexity index is 538. The summed E-state index contributed by atoms with van der Waals surface area (Å²) >= 11 is 5.17. The van der Waals surface area contributed by atoms with Crippen LogP contribution in [0.4, 0.5) is 11.5 Å². The van der Waals surface area contributed by atoms with Crippen LogP contribution in [0.3, 0.4) is 0 Å². The highest BCUT2D eigenvalue weighted by atomic mass is 79.9. The van der Waals surface area contributed by atoms with Crippen molar-refractivity contribution in [1.29, 1.82) is 0 Å². The lowest BCUT2D eigenvalue weighted by atomic mass is 10.2. The zero-order valence-electron chi connectivity index (χ0n) is 9.62. The summed E-state index contributed by atoms with van der Waals surface area (Å²) in [5.41, 5.74) is 7.46. The highest BCUT2D eigenvalue weighted by Gasteiger charge is 2.07. The topological polar surface area (TPSA) is 63.8 Å². The molecule has 0 spiro atoms. The number of pyridine rings is 1. The summed E-state index contributed by atoms with van der Waals surface area (Å²) in [5, 5.41) is 4.29. The Labute approximate surface area is 112 Å². The molecule has 0 aromatic carbocycles. The van der Waals surface area contributed by atoms with Crippen LogP contribution in [-0.4, -0.2) is 9.97 Å². The van der Waals surface area contributed by atoms with Gasteiger partial charge in [-0.2, -0.15) is 0 Å². The second kappa shape index (κ2) is 5.01. The summed E-state index contributed by atoms with van der Waals surface area (Å²) in [6, 6.07) is 0. The van der Waals surface area contributed by atoms with Gasteiger partial charge in [0, 0.05) is 11.1 Å². The number of aromatic nitrogens is 2. The normalized spacial score (nSPS) is 10.5. The molecule has 0 unspecified atom stereocenters. The van der Waals surface area contributed by atoms with Crippen molar-refractivity contribution in [1.82, 2.24) is 9.97 Å². The largest absolute Gasteiger partial charge is 0.397 e. The minimum Gasteiger partial charge on any atom is -0.397 e. The molecule has 0 aliphatic carbocycles. The minimum atomic E-state index is 0.674.